The number of hydrogen-bond acceptors (Lipinski definition) is 3. The van der Waals surface area contributed by atoms with E-state index in [0.717, 1.165) is 54.8 Å². The van der Waals surface area contributed by atoms with Crippen LogP contribution in [0.1, 0.15) is 51.4 Å². The summed E-state index contributed by atoms with van der Waals surface area (Å²) in [6.07, 6.45) is 8.59. The van der Waals surface area contributed by atoms with Gasteiger partial charge in [0, 0.05) is 18.7 Å². The molecule has 5 heteroatoms. The van der Waals surface area contributed by atoms with Crippen LogP contribution in [0.3, 0.4) is 0 Å². The van der Waals surface area contributed by atoms with Gasteiger partial charge in [0.05, 0.1) is 18.2 Å². The highest BCUT2D eigenvalue weighted by atomic mass is 16.5. The molecule has 1 aromatic rings. The summed E-state index contributed by atoms with van der Waals surface area (Å²) in [5, 5.41) is 3.20. The van der Waals surface area contributed by atoms with Crippen LogP contribution in [0.15, 0.2) is 18.2 Å². The predicted octanol–water partition coefficient (Wildman–Crippen LogP) is 3.98. The van der Waals surface area contributed by atoms with Gasteiger partial charge in [-0.3, -0.25) is 9.59 Å². The van der Waals surface area contributed by atoms with Crippen LogP contribution < -0.4 is 15.0 Å². The second-order valence-electron chi connectivity index (χ2n) is 9.19. The number of anilines is 2. The second-order valence-corrected chi connectivity index (χ2v) is 9.19. The molecule has 1 aromatic carbocycles. The SMILES string of the molecule is COc1ccc(NC(=O)C23CC4CC(CC(C4)C2)C3)cc1N1CCCC1=O. The largest absolute Gasteiger partial charge is 0.495 e. The summed E-state index contributed by atoms with van der Waals surface area (Å²) in [4.78, 5) is 27.3. The fourth-order valence-electron chi connectivity index (χ4n) is 6.53. The van der Waals surface area contributed by atoms with Crippen molar-refractivity contribution in [3.05, 3.63) is 18.2 Å². The molecule has 1 saturated heterocycles. The maximum atomic E-state index is 13.3. The van der Waals surface area contributed by atoms with Gasteiger partial charge in [0.2, 0.25) is 11.8 Å². The Balaban J connectivity index is 1.39. The fourth-order valence-corrected chi connectivity index (χ4v) is 6.53. The average Bonchev–Trinajstić information content (AvgIpc) is 3.06. The molecule has 0 aromatic heterocycles. The highest BCUT2D eigenvalue weighted by molar-refractivity contribution is 5.99. The van der Waals surface area contributed by atoms with E-state index in [1.54, 1.807) is 12.0 Å². The van der Waals surface area contributed by atoms with E-state index in [4.69, 9.17) is 4.74 Å². The molecule has 5 aliphatic rings. The van der Waals surface area contributed by atoms with Gasteiger partial charge in [-0.2, -0.15) is 0 Å². The minimum atomic E-state index is -0.168. The van der Waals surface area contributed by atoms with Crippen LogP contribution in [0.2, 0.25) is 0 Å². The molecule has 144 valence electrons. The zero-order valence-corrected chi connectivity index (χ0v) is 16.0. The molecule has 27 heavy (non-hydrogen) atoms. The van der Waals surface area contributed by atoms with Crippen molar-refractivity contribution in [3.8, 4) is 5.75 Å². The molecule has 0 unspecified atom stereocenters. The molecule has 4 aliphatic carbocycles. The van der Waals surface area contributed by atoms with Crippen LogP contribution in [-0.2, 0) is 9.59 Å². The number of amides is 2. The van der Waals surface area contributed by atoms with Gasteiger partial charge in [0.25, 0.3) is 0 Å². The number of nitrogens with zero attached hydrogens (tertiary/aromatic N) is 1. The summed E-state index contributed by atoms with van der Waals surface area (Å²) >= 11 is 0. The van der Waals surface area contributed by atoms with Crippen LogP contribution in [0.5, 0.6) is 5.75 Å². The molecule has 1 heterocycles. The summed E-state index contributed by atoms with van der Waals surface area (Å²) in [5.74, 6) is 3.23. The lowest BCUT2D eigenvalue weighted by atomic mass is 9.49. The molecule has 4 bridgehead atoms. The standard InChI is InChI=1S/C22H28N2O3/c1-27-19-5-4-17(10-18(19)24-6-2-3-20(24)25)23-21(26)22-11-14-7-15(12-22)9-16(8-14)13-22/h4-5,10,14-16H,2-3,6-9,11-13H2,1H3,(H,23,26). The molecule has 0 atom stereocenters. The van der Waals surface area contributed by atoms with Crippen molar-refractivity contribution in [1.82, 2.24) is 0 Å². The summed E-state index contributed by atoms with van der Waals surface area (Å²) in [7, 11) is 1.62. The first-order chi connectivity index (χ1) is 13.1. The van der Waals surface area contributed by atoms with Gasteiger partial charge in [-0.1, -0.05) is 0 Å². The lowest BCUT2D eigenvalue weighted by molar-refractivity contribution is -0.140. The van der Waals surface area contributed by atoms with Crippen molar-refractivity contribution in [3.63, 3.8) is 0 Å². The Morgan fingerprint density at radius 1 is 1.15 bits per heavy atom. The molecule has 2 amide bonds. The van der Waals surface area contributed by atoms with Gasteiger partial charge in [-0.25, -0.2) is 0 Å². The Kier molecular flexibility index (Phi) is 3.95. The number of hydrogen-bond donors (Lipinski definition) is 1. The quantitative estimate of drug-likeness (QED) is 0.875. The molecule has 5 nitrogen and oxygen atoms in total. The number of benzene rings is 1. The summed E-state index contributed by atoms with van der Waals surface area (Å²) in [5.41, 5.74) is 1.37. The van der Waals surface area contributed by atoms with Crippen molar-refractivity contribution in [2.45, 2.75) is 51.4 Å². The van der Waals surface area contributed by atoms with Crippen molar-refractivity contribution < 1.29 is 14.3 Å². The Morgan fingerprint density at radius 2 is 1.81 bits per heavy atom. The van der Waals surface area contributed by atoms with Crippen molar-refractivity contribution in [1.29, 1.82) is 0 Å². The summed E-state index contributed by atoms with van der Waals surface area (Å²) in [6, 6.07) is 5.65. The van der Waals surface area contributed by atoms with E-state index in [2.05, 4.69) is 5.32 Å². The van der Waals surface area contributed by atoms with E-state index in [1.165, 1.54) is 19.3 Å². The van der Waals surface area contributed by atoms with E-state index in [1.807, 2.05) is 18.2 Å². The van der Waals surface area contributed by atoms with Crippen LogP contribution in [0.25, 0.3) is 0 Å². The number of rotatable bonds is 4. The molecule has 0 spiro atoms. The normalized spacial score (nSPS) is 34.2. The third-order valence-corrected chi connectivity index (χ3v) is 7.32. The van der Waals surface area contributed by atoms with Crippen molar-refractivity contribution >= 4 is 23.2 Å². The fraction of sp³-hybridized carbons (Fsp3) is 0.636. The second kappa shape index (κ2) is 6.25. The topological polar surface area (TPSA) is 58.6 Å². The molecule has 0 radical (unpaired) electrons. The number of methoxy groups -OCH3 is 1. The predicted molar refractivity (Wildman–Crippen MR) is 104 cm³/mol. The smallest absolute Gasteiger partial charge is 0.230 e. The van der Waals surface area contributed by atoms with Crippen LogP contribution in [0, 0.1) is 23.2 Å². The van der Waals surface area contributed by atoms with Gasteiger partial charge < -0.3 is 15.0 Å². The van der Waals surface area contributed by atoms with Gasteiger partial charge in [-0.15, -0.1) is 0 Å². The van der Waals surface area contributed by atoms with Crippen LogP contribution >= 0.6 is 0 Å². The summed E-state index contributed by atoms with van der Waals surface area (Å²) < 4.78 is 5.46. The average molecular weight is 368 g/mol. The first-order valence-corrected chi connectivity index (χ1v) is 10.4. The number of ether oxygens (including phenoxy) is 1. The maximum Gasteiger partial charge on any atom is 0.230 e. The Morgan fingerprint density at radius 3 is 2.37 bits per heavy atom. The molecule has 1 aliphatic heterocycles. The van der Waals surface area contributed by atoms with Gasteiger partial charge >= 0.3 is 0 Å². The third-order valence-electron chi connectivity index (χ3n) is 7.32. The molecular formula is C22H28N2O3. The van der Waals surface area contributed by atoms with Gasteiger partial charge in [0.15, 0.2) is 0 Å². The zero-order valence-electron chi connectivity index (χ0n) is 16.0. The first-order valence-electron chi connectivity index (χ1n) is 10.4. The lowest BCUT2D eigenvalue weighted by Crippen LogP contribution is -2.51. The van der Waals surface area contributed by atoms with Crippen LogP contribution in [-0.4, -0.2) is 25.5 Å². The highest BCUT2D eigenvalue weighted by Gasteiger charge is 2.54. The molecule has 4 saturated carbocycles. The number of carbonyl (C=O) groups is 2. The van der Waals surface area contributed by atoms with Gasteiger partial charge in [0.1, 0.15) is 5.75 Å². The lowest BCUT2D eigenvalue weighted by Gasteiger charge is -2.55. The highest BCUT2D eigenvalue weighted by Crippen LogP contribution is 2.60. The Bertz CT molecular complexity index is 752. The van der Waals surface area contributed by atoms with E-state index >= 15 is 0 Å². The maximum absolute atomic E-state index is 13.3. The van der Waals surface area contributed by atoms with E-state index < -0.39 is 0 Å². The molecule has 5 fully saturated rings. The number of nitrogens with one attached hydrogen (secondary N) is 1. The van der Waals surface area contributed by atoms with Crippen LogP contribution in [0.4, 0.5) is 11.4 Å². The van der Waals surface area contributed by atoms with E-state index in [9.17, 15) is 9.59 Å². The Hall–Kier alpha value is -2.04. The first kappa shape index (κ1) is 17.1. The van der Waals surface area contributed by atoms with Crippen molar-refractivity contribution in [2.24, 2.45) is 23.2 Å². The van der Waals surface area contributed by atoms with E-state index in [-0.39, 0.29) is 17.2 Å². The van der Waals surface area contributed by atoms with Gasteiger partial charge in [-0.05, 0) is 80.9 Å². The number of carbonyl (C=O) groups excluding carboxylic acids is 2. The van der Waals surface area contributed by atoms with E-state index in [0.29, 0.717) is 18.7 Å². The monoisotopic (exact) mass is 368 g/mol. The molecule has 1 N–H and O–H groups in total. The van der Waals surface area contributed by atoms with Crippen molar-refractivity contribution in [2.75, 3.05) is 23.9 Å². The minimum Gasteiger partial charge on any atom is -0.495 e. The minimum absolute atomic E-state index is 0.123. The Labute approximate surface area is 160 Å². The molecular weight excluding hydrogens is 340 g/mol. The zero-order chi connectivity index (χ0) is 18.6. The molecule has 6 rings (SSSR count). The summed E-state index contributed by atoms with van der Waals surface area (Å²) in [6.45, 7) is 0.710. The third kappa shape index (κ3) is 2.82.